The zero-order valence-corrected chi connectivity index (χ0v) is 7.20. The summed E-state index contributed by atoms with van der Waals surface area (Å²) in [5.74, 6) is -0.319. The van der Waals surface area contributed by atoms with Crippen molar-refractivity contribution >= 4 is 5.97 Å². The molecule has 0 unspecified atom stereocenters. The number of methoxy groups -OCH3 is 1. The second-order valence-corrected chi connectivity index (χ2v) is 2.38. The summed E-state index contributed by atoms with van der Waals surface area (Å²) >= 11 is 0. The summed E-state index contributed by atoms with van der Waals surface area (Å²) < 4.78 is 4.60. The molecule has 0 N–H and O–H groups in total. The van der Waals surface area contributed by atoms with Gasteiger partial charge >= 0.3 is 5.97 Å². The van der Waals surface area contributed by atoms with Gasteiger partial charge in [0.1, 0.15) is 0 Å². The molecule has 1 heterocycles. The van der Waals surface area contributed by atoms with Crippen LogP contribution >= 0.6 is 0 Å². The molecule has 0 radical (unpaired) electrons. The molecule has 0 bridgehead atoms. The van der Waals surface area contributed by atoms with E-state index in [4.69, 9.17) is 0 Å². The van der Waals surface area contributed by atoms with Crippen LogP contribution in [0.25, 0.3) is 0 Å². The van der Waals surface area contributed by atoms with Gasteiger partial charge in [0.25, 0.3) is 0 Å². The van der Waals surface area contributed by atoms with E-state index < -0.39 is 0 Å². The monoisotopic (exact) mass is 165 g/mol. The Bertz CT molecular complexity index is 284. The molecule has 3 heteroatoms. The summed E-state index contributed by atoms with van der Waals surface area (Å²) in [6, 6.07) is 1.83. The second-order valence-electron chi connectivity index (χ2n) is 2.38. The fourth-order valence-corrected chi connectivity index (χ4v) is 1.03. The SMILES string of the molecule is CCc1ccncc1C(=O)OC. The molecule has 64 valence electrons. The zero-order valence-electron chi connectivity index (χ0n) is 7.20. The van der Waals surface area contributed by atoms with Crippen molar-refractivity contribution < 1.29 is 9.53 Å². The van der Waals surface area contributed by atoms with Gasteiger partial charge in [0.05, 0.1) is 12.7 Å². The quantitative estimate of drug-likeness (QED) is 0.622. The lowest BCUT2D eigenvalue weighted by atomic mass is 10.1. The zero-order chi connectivity index (χ0) is 8.97. The molecule has 3 nitrogen and oxygen atoms in total. The second kappa shape index (κ2) is 3.85. The highest BCUT2D eigenvalue weighted by Crippen LogP contribution is 2.08. The van der Waals surface area contributed by atoms with Crippen molar-refractivity contribution in [2.24, 2.45) is 0 Å². The predicted molar refractivity (Wildman–Crippen MR) is 45.0 cm³/mol. The molecular weight excluding hydrogens is 154 g/mol. The minimum Gasteiger partial charge on any atom is -0.465 e. The van der Waals surface area contributed by atoms with E-state index in [1.807, 2.05) is 13.0 Å². The first-order valence-corrected chi connectivity index (χ1v) is 3.80. The first-order chi connectivity index (χ1) is 5.79. The number of carbonyl (C=O) groups is 1. The normalized spacial score (nSPS) is 9.50. The van der Waals surface area contributed by atoms with Crippen molar-refractivity contribution in [2.75, 3.05) is 7.11 Å². The first kappa shape index (κ1) is 8.71. The van der Waals surface area contributed by atoms with E-state index in [9.17, 15) is 4.79 Å². The van der Waals surface area contributed by atoms with E-state index in [1.165, 1.54) is 13.3 Å². The van der Waals surface area contributed by atoms with Gasteiger partial charge in [-0.25, -0.2) is 4.79 Å². The molecule has 0 amide bonds. The van der Waals surface area contributed by atoms with E-state index in [2.05, 4.69) is 9.72 Å². The predicted octanol–water partition coefficient (Wildman–Crippen LogP) is 1.43. The highest BCUT2D eigenvalue weighted by Gasteiger charge is 2.09. The Kier molecular flexibility index (Phi) is 2.80. The van der Waals surface area contributed by atoms with Crippen molar-refractivity contribution in [3.8, 4) is 0 Å². The standard InChI is InChI=1S/C9H11NO2/c1-3-7-4-5-10-6-8(7)9(11)12-2/h4-6H,3H2,1-2H3. The Labute approximate surface area is 71.4 Å². The summed E-state index contributed by atoms with van der Waals surface area (Å²) in [5.41, 5.74) is 1.53. The number of carbonyl (C=O) groups excluding carboxylic acids is 1. The third-order valence-corrected chi connectivity index (χ3v) is 1.70. The number of hydrogen-bond acceptors (Lipinski definition) is 3. The fourth-order valence-electron chi connectivity index (χ4n) is 1.03. The minimum absolute atomic E-state index is 0.319. The smallest absolute Gasteiger partial charge is 0.339 e. The average molecular weight is 165 g/mol. The van der Waals surface area contributed by atoms with Crippen LogP contribution in [0.15, 0.2) is 18.5 Å². The molecule has 0 aliphatic carbocycles. The van der Waals surface area contributed by atoms with Gasteiger partial charge in [-0.2, -0.15) is 0 Å². The van der Waals surface area contributed by atoms with Crippen molar-refractivity contribution in [2.45, 2.75) is 13.3 Å². The third-order valence-electron chi connectivity index (χ3n) is 1.70. The number of aryl methyl sites for hydroxylation is 1. The molecule has 0 saturated heterocycles. The molecule has 0 fully saturated rings. The molecule has 0 atom stereocenters. The molecule has 1 rings (SSSR count). The molecule has 12 heavy (non-hydrogen) atoms. The van der Waals surface area contributed by atoms with E-state index in [1.54, 1.807) is 6.20 Å². The van der Waals surface area contributed by atoms with Crippen molar-refractivity contribution in [3.05, 3.63) is 29.6 Å². The molecule has 1 aromatic rings. The number of nitrogens with zero attached hydrogens (tertiary/aromatic N) is 1. The Morgan fingerprint density at radius 2 is 2.42 bits per heavy atom. The van der Waals surface area contributed by atoms with Gasteiger partial charge in [-0.15, -0.1) is 0 Å². The number of hydrogen-bond donors (Lipinski definition) is 0. The summed E-state index contributed by atoms with van der Waals surface area (Å²) in [6.07, 6.45) is 4.02. The van der Waals surface area contributed by atoms with Crippen LogP contribution in [0.3, 0.4) is 0 Å². The minimum atomic E-state index is -0.319. The van der Waals surface area contributed by atoms with E-state index in [-0.39, 0.29) is 5.97 Å². The molecule has 1 aromatic heterocycles. The average Bonchev–Trinajstić information content (AvgIpc) is 2.16. The van der Waals surface area contributed by atoms with Crippen LogP contribution in [0.5, 0.6) is 0 Å². The van der Waals surface area contributed by atoms with Gasteiger partial charge in [-0.05, 0) is 18.1 Å². The number of aromatic nitrogens is 1. The van der Waals surface area contributed by atoms with E-state index >= 15 is 0 Å². The number of esters is 1. The number of ether oxygens (including phenoxy) is 1. The van der Waals surface area contributed by atoms with Crippen LogP contribution < -0.4 is 0 Å². The Balaban J connectivity index is 3.04. The number of pyridine rings is 1. The lowest BCUT2D eigenvalue weighted by molar-refractivity contribution is 0.0599. The van der Waals surface area contributed by atoms with Crippen LogP contribution in [0.1, 0.15) is 22.8 Å². The van der Waals surface area contributed by atoms with Gasteiger partial charge in [0, 0.05) is 12.4 Å². The van der Waals surface area contributed by atoms with Crippen molar-refractivity contribution in [3.63, 3.8) is 0 Å². The Hall–Kier alpha value is -1.38. The van der Waals surface area contributed by atoms with Gasteiger partial charge < -0.3 is 4.74 Å². The summed E-state index contributed by atoms with van der Waals surface area (Å²) in [6.45, 7) is 1.99. The van der Waals surface area contributed by atoms with Gasteiger partial charge in [-0.1, -0.05) is 6.92 Å². The van der Waals surface area contributed by atoms with E-state index in [0.717, 1.165) is 12.0 Å². The van der Waals surface area contributed by atoms with Crippen molar-refractivity contribution in [1.29, 1.82) is 0 Å². The van der Waals surface area contributed by atoms with Crippen LogP contribution in [0.2, 0.25) is 0 Å². The maximum atomic E-state index is 11.1. The van der Waals surface area contributed by atoms with Crippen LogP contribution in [0.4, 0.5) is 0 Å². The van der Waals surface area contributed by atoms with Gasteiger partial charge in [0.2, 0.25) is 0 Å². The van der Waals surface area contributed by atoms with Crippen molar-refractivity contribution in [1.82, 2.24) is 4.98 Å². The highest BCUT2D eigenvalue weighted by atomic mass is 16.5. The molecular formula is C9H11NO2. The molecule has 0 saturated carbocycles. The van der Waals surface area contributed by atoms with Gasteiger partial charge in [0.15, 0.2) is 0 Å². The van der Waals surface area contributed by atoms with Crippen LogP contribution in [-0.2, 0) is 11.2 Å². The third kappa shape index (κ3) is 1.61. The Morgan fingerprint density at radius 3 is 3.00 bits per heavy atom. The lowest BCUT2D eigenvalue weighted by Gasteiger charge is -2.03. The summed E-state index contributed by atoms with van der Waals surface area (Å²) in [5, 5.41) is 0. The largest absolute Gasteiger partial charge is 0.465 e. The molecule has 0 aromatic carbocycles. The molecule has 0 aliphatic heterocycles. The first-order valence-electron chi connectivity index (χ1n) is 3.80. The molecule has 0 spiro atoms. The Morgan fingerprint density at radius 1 is 1.67 bits per heavy atom. The summed E-state index contributed by atoms with van der Waals surface area (Å²) in [4.78, 5) is 15.0. The topological polar surface area (TPSA) is 39.2 Å². The number of rotatable bonds is 2. The van der Waals surface area contributed by atoms with Crippen LogP contribution in [-0.4, -0.2) is 18.1 Å². The van der Waals surface area contributed by atoms with E-state index in [0.29, 0.717) is 5.56 Å². The van der Waals surface area contributed by atoms with Gasteiger partial charge in [-0.3, -0.25) is 4.98 Å². The van der Waals surface area contributed by atoms with Crippen LogP contribution in [0, 0.1) is 0 Å². The maximum absolute atomic E-state index is 11.1. The molecule has 0 aliphatic rings. The summed E-state index contributed by atoms with van der Waals surface area (Å²) in [7, 11) is 1.37. The fraction of sp³-hybridized carbons (Fsp3) is 0.333. The highest BCUT2D eigenvalue weighted by molar-refractivity contribution is 5.90. The maximum Gasteiger partial charge on any atom is 0.339 e. The lowest BCUT2D eigenvalue weighted by Crippen LogP contribution is -2.05.